The molecular formula is C9H23NP+. The number of hydrogen-bond acceptors (Lipinski definition) is 1. The Hall–Kier alpha value is 0.390. The molecule has 0 heterocycles. The monoisotopic (exact) mass is 176 g/mol. The van der Waals surface area contributed by atoms with E-state index in [4.69, 9.17) is 0 Å². The summed E-state index contributed by atoms with van der Waals surface area (Å²) in [6.07, 6.45) is 5.58. The van der Waals surface area contributed by atoms with Crippen molar-refractivity contribution in [1.29, 1.82) is 0 Å². The molecule has 0 bridgehead atoms. The van der Waals surface area contributed by atoms with Gasteiger partial charge in [0.25, 0.3) is 0 Å². The van der Waals surface area contributed by atoms with E-state index in [2.05, 4.69) is 39.0 Å². The fraction of sp³-hybridized carbons (Fsp3) is 1.00. The molecule has 0 unspecified atom stereocenters. The van der Waals surface area contributed by atoms with E-state index in [-0.39, 0.29) is 0 Å². The second kappa shape index (κ2) is 5.11. The van der Waals surface area contributed by atoms with Gasteiger partial charge in [-0.2, -0.15) is 4.67 Å². The maximum Gasteiger partial charge on any atom is 0.0764 e. The minimum Gasteiger partial charge on any atom is -0.187 e. The summed E-state index contributed by atoms with van der Waals surface area (Å²) in [6.45, 7) is 7.10. The average molecular weight is 176 g/mol. The number of nitrogens with zero attached hydrogens (tertiary/aromatic N) is 1. The molecule has 0 atom stereocenters. The molecular weight excluding hydrogens is 153 g/mol. The van der Waals surface area contributed by atoms with Gasteiger partial charge >= 0.3 is 0 Å². The van der Waals surface area contributed by atoms with Crippen LogP contribution in [0.3, 0.4) is 0 Å². The SMILES string of the molecule is CCCCC[P+](C)(C)N(C)C. The van der Waals surface area contributed by atoms with E-state index in [1.54, 1.807) is 0 Å². The van der Waals surface area contributed by atoms with Crippen molar-refractivity contribution in [3.05, 3.63) is 0 Å². The number of rotatable bonds is 5. The summed E-state index contributed by atoms with van der Waals surface area (Å²) < 4.78 is 2.42. The van der Waals surface area contributed by atoms with E-state index in [0.717, 1.165) is 0 Å². The lowest BCUT2D eigenvalue weighted by atomic mass is 10.3. The molecule has 0 aliphatic heterocycles. The van der Waals surface area contributed by atoms with Crippen LogP contribution in [0.15, 0.2) is 0 Å². The lowest BCUT2D eigenvalue weighted by Gasteiger charge is -2.24. The van der Waals surface area contributed by atoms with Gasteiger partial charge in [-0.25, -0.2) is 0 Å². The quantitative estimate of drug-likeness (QED) is 0.460. The van der Waals surface area contributed by atoms with Crippen LogP contribution in [0.1, 0.15) is 26.2 Å². The highest BCUT2D eigenvalue weighted by Gasteiger charge is 2.26. The molecule has 1 nitrogen and oxygen atoms in total. The molecule has 0 saturated heterocycles. The first-order valence-corrected chi connectivity index (χ1v) is 7.33. The number of unbranched alkanes of at least 4 members (excludes halogenated alkanes) is 2. The predicted octanol–water partition coefficient (Wildman–Crippen LogP) is 2.93. The highest BCUT2D eigenvalue weighted by Crippen LogP contribution is 2.53. The average Bonchev–Trinajstić information content (AvgIpc) is 1.88. The van der Waals surface area contributed by atoms with Crippen molar-refractivity contribution in [2.45, 2.75) is 26.2 Å². The Morgan fingerprint density at radius 1 is 1.09 bits per heavy atom. The zero-order valence-electron chi connectivity index (χ0n) is 8.72. The Morgan fingerprint density at radius 3 is 2.00 bits per heavy atom. The standard InChI is InChI=1S/C9H23NP/c1-6-7-8-9-11(4,5)10(2)3/h6-9H2,1-5H3/q+1. The summed E-state index contributed by atoms with van der Waals surface area (Å²) in [7, 11) is 3.71. The first kappa shape index (κ1) is 11.4. The number of hydrogen-bond donors (Lipinski definition) is 0. The van der Waals surface area contributed by atoms with Gasteiger partial charge in [-0.05, 0) is 6.42 Å². The Morgan fingerprint density at radius 2 is 1.64 bits per heavy atom. The third-order valence-corrected chi connectivity index (χ3v) is 5.97. The van der Waals surface area contributed by atoms with Crippen molar-refractivity contribution >= 4 is 7.41 Å². The summed E-state index contributed by atoms with van der Waals surface area (Å²) >= 11 is 0. The van der Waals surface area contributed by atoms with Gasteiger partial charge in [0.05, 0.1) is 26.9 Å². The van der Waals surface area contributed by atoms with Crippen LogP contribution in [0.25, 0.3) is 0 Å². The summed E-state index contributed by atoms with van der Waals surface area (Å²) in [5.74, 6) is 0. The third kappa shape index (κ3) is 4.76. The minimum absolute atomic E-state index is 0.711. The predicted molar refractivity (Wildman–Crippen MR) is 56.8 cm³/mol. The van der Waals surface area contributed by atoms with Gasteiger partial charge in [0.15, 0.2) is 0 Å². The van der Waals surface area contributed by atoms with Gasteiger partial charge in [-0.3, -0.25) is 0 Å². The van der Waals surface area contributed by atoms with E-state index >= 15 is 0 Å². The lowest BCUT2D eigenvalue weighted by molar-refractivity contribution is 0.655. The highest BCUT2D eigenvalue weighted by molar-refractivity contribution is 7.72. The maximum absolute atomic E-state index is 2.42. The van der Waals surface area contributed by atoms with Crippen LogP contribution in [0, 0.1) is 0 Å². The van der Waals surface area contributed by atoms with Crippen molar-refractivity contribution in [3.8, 4) is 0 Å². The molecule has 0 spiro atoms. The topological polar surface area (TPSA) is 3.24 Å². The van der Waals surface area contributed by atoms with Gasteiger partial charge in [-0.1, -0.05) is 19.8 Å². The van der Waals surface area contributed by atoms with Crippen LogP contribution in [0.4, 0.5) is 0 Å². The second-order valence-electron chi connectivity index (χ2n) is 3.90. The normalized spacial score (nSPS) is 12.5. The third-order valence-electron chi connectivity index (χ3n) is 2.39. The summed E-state index contributed by atoms with van der Waals surface area (Å²) in [6, 6.07) is 0. The largest absolute Gasteiger partial charge is 0.187 e. The molecule has 68 valence electrons. The first-order chi connectivity index (χ1) is 5.00. The van der Waals surface area contributed by atoms with E-state index in [1.165, 1.54) is 25.4 Å². The Kier molecular flexibility index (Phi) is 5.29. The van der Waals surface area contributed by atoms with Crippen LogP contribution >= 0.6 is 7.41 Å². The highest BCUT2D eigenvalue weighted by atomic mass is 31.2. The molecule has 0 aromatic carbocycles. The van der Waals surface area contributed by atoms with Crippen LogP contribution in [0.5, 0.6) is 0 Å². The van der Waals surface area contributed by atoms with Crippen molar-refractivity contribution < 1.29 is 0 Å². The minimum atomic E-state index is -0.711. The van der Waals surface area contributed by atoms with Gasteiger partial charge in [-0.15, -0.1) is 0 Å². The molecule has 0 aliphatic carbocycles. The van der Waals surface area contributed by atoms with Crippen LogP contribution in [-0.2, 0) is 0 Å². The molecule has 11 heavy (non-hydrogen) atoms. The zero-order valence-corrected chi connectivity index (χ0v) is 9.62. The molecule has 0 aromatic heterocycles. The molecule has 0 aromatic rings. The van der Waals surface area contributed by atoms with E-state index in [0.29, 0.717) is 0 Å². The van der Waals surface area contributed by atoms with Crippen molar-refractivity contribution in [1.82, 2.24) is 4.67 Å². The fourth-order valence-corrected chi connectivity index (χ4v) is 2.35. The molecule has 0 fully saturated rings. The Balaban J connectivity index is 3.55. The van der Waals surface area contributed by atoms with Gasteiger partial charge in [0, 0.05) is 14.1 Å². The maximum atomic E-state index is 2.42. The Labute approximate surface area is 72.6 Å². The van der Waals surface area contributed by atoms with Gasteiger partial charge in [0.1, 0.15) is 0 Å². The molecule has 0 saturated carbocycles. The van der Waals surface area contributed by atoms with Crippen molar-refractivity contribution in [3.63, 3.8) is 0 Å². The second-order valence-corrected chi connectivity index (χ2v) is 8.39. The molecule has 2 heteroatoms. The molecule has 0 rings (SSSR count). The van der Waals surface area contributed by atoms with E-state index in [9.17, 15) is 0 Å². The summed E-state index contributed by atoms with van der Waals surface area (Å²) in [5, 5.41) is 0. The molecule has 0 amide bonds. The van der Waals surface area contributed by atoms with Crippen LogP contribution in [0.2, 0.25) is 0 Å². The van der Waals surface area contributed by atoms with Crippen molar-refractivity contribution in [2.24, 2.45) is 0 Å². The summed E-state index contributed by atoms with van der Waals surface area (Å²) in [5.41, 5.74) is 0. The fourth-order valence-electron chi connectivity index (χ4n) is 0.949. The van der Waals surface area contributed by atoms with Gasteiger partial charge in [0.2, 0.25) is 0 Å². The molecule has 0 aliphatic rings. The zero-order chi connectivity index (χ0) is 8.91. The summed E-state index contributed by atoms with van der Waals surface area (Å²) in [4.78, 5) is 0. The van der Waals surface area contributed by atoms with E-state index < -0.39 is 7.41 Å². The smallest absolute Gasteiger partial charge is 0.0764 e. The lowest BCUT2D eigenvalue weighted by Crippen LogP contribution is -2.15. The molecule has 0 radical (unpaired) electrons. The van der Waals surface area contributed by atoms with Gasteiger partial charge < -0.3 is 0 Å². The Bertz CT molecular complexity index is 99.7. The van der Waals surface area contributed by atoms with Crippen LogP contribution < -0.4 is 0 Å². The molecule has 0 N–H and O–H groups in total. The van der Waals surface area contributed by atoms with Crippen molar-refractivity contribution in [2.75, 3.05) is 33.6 Å². The van der Waals surface area contributed by atoms with Crippen LogP contribution in [-0.4, -0.2) is 38.3 Å². The van der Waals surface area contributed by atoms with E-state index in [1.807, 2.05) is 0 Å². The first-order valence-electron chi connectivity index (χ1n) is 4.51.